The van der Waals surface area contributed by atoms with Crippen molar-refractivity contribution in [2.45, 2.75) is 18.7 Å². The fourth-order valence-electron chi connectivity index (χ4n) is 3.57. The number of aromatic nitrogens is 2. The molecule has 1 unspecified atom stereocenters. The number of benzene rings is 2. The van der Waals surface area contributed by atoms with Gasteiger partial charge in [0.15, 0.2) is 4.96 Å². The van der Waals surface area contributed by atoms with Crippen LogP contribution in [-0.4, -0.2) is 32.0 Å². The van der Waals surface area contributed by atoms with E-state index in [2.05, 4.69) is 10.4 Å². The molecule has 1 N–H and O–H groups in total. The lowest BCUT2D eigenvalue weighted by molar-refractivity contribution is -0.139. The maximum Gasteiger partial charge on any atom is 0.252 e. The van der Waals surface area contributed by atoms with E-state index in [1.165, 1.54) is 28.1 Å². The molecule has 156 valence electrons. The number of thioether (sulfide) groups is 1. The Labute approximate surface area is 187 Å². The highest BCUT2D eigenvalue weighted by Crippen LogP contribution is 2.37. The van der Waals surface area contributed by atoms with Gasteiger partial charge >= 0.3 is 0 Å². The van der Waals surface area contributed by atoms with Crippen LogP contribution in [0, 0.1) is 6.92 Å². The van der Waals surface area contributed by atoms with Crippen LogP contribution < -0.4 is 5.43 Å². The van der Waals surface area contributed by atoms with E-state index in [4.69, 9.17) is 0 Å². The molecule has 0 radical (unpaired) electrons. The zero-order valence-corrected chi connectivity index (χ0v) is 18.5. The summed E-state index contributed by atoms with van der Waals surface area (Å²) in [4.78, 5) is 30.7. The summed E-state index contributed by atoms with van der Waals surface area (Å²) in [5.74, 6) is 0.0414. The number of amides is 2. The number of aryl methyl sites for hydroxylation is 1. The van der Waals surface area contributed by atoms with E-state index >= 15 is 0 Å². The van der Waals surface area contributed by atoms with Gasteiger partial charge in [-0.3, -0.25) is 19.4 Å². The minimum Gasteiger partial charge on any atom is -0.294 e. The summed E-state index contributed by atoms with van der Waals surface area (Å²) in [5, 5.41) is 3.19. The Bertz CT molecular complexity index is 1250. The largest absolute Gasteiger partial charge is 0.294 e. The molecule has 0 saturated carbocycles. The molecule has 0 spiro atoms. The second-order valence-electron chi connectivity index (χ2n) is 7.42. The summed E-state index contributed by atoms with van der Waals surface area (Å²) in [7, 11) is 0. The number of hydrogen-bond donors (Lipinski definition) is 1. The number of carbonyl (C=O) groups is 2. The number of hydrazine groups is 1. The highest BCUT2D eigenvalue weighted by Gasteiger charge is 2.34. The van der Waals surface area contributed by atoms with E-state index in [1.54, 1.807) is 0 Å². The summed E-state index contributed by atoms with van der Waals surface area (Å²) in [6.07, 6.45) is 2.12. The number of carbonyl (C=O) groups excluding carboxylic acids is 2. The summed E-state index contributed by atoms with van der Waals surface area (Å²) >= 11 is 3.02. The fourth-order valence-corrected chi connectivity index (χ4v) is 5.55. The molecule has 4 aromatic rings. The Balaban J connectivity index is 1.33. The van der Waals surface area contributed by atoms with Gasteiger partial charge in [0.2, 0.25) is 5.91 Å². The van der Waals surface area contributed by atoms with Gasteiger partial charge < -0.3 is 0 Å². The van der Waals surface area contributed by atoms with Crippen LogP contribution in [0.15, 0.2) is 66.2 Å². The van der Waals surface area contributed by atoms with Gasteiger partial charge in [-0.25, -0.2) is 9.99 Å². The van der Waals surface area contributed by atoms with Crippen LogP contribution >= 0.6 is 23.1 Å². The molecule has 1 saturated heterocycles. The first-order valence-corrected chi connectivity index (χ1v) is 11.8. The second-order valence-corrected chi connectivity index (χ2v) is 9.33. The van der Waals surface area contributed by atoms with Crippen molar-refractivity contribution in [1.82, 2.24) is 19.8 Å². The van der Waals surface area contributed by atoms with Crippen molar-refractivity contribution in [3.63, 3.8) is 0 Å². The third-order valence-corrected chi connectivity index (χ3v) is 7.27. The van der Waals surface area contributed by atoms with Crippen LogP contribution in [-0.2, 0) is 16.0 Å². The van der Waals surface area contributed by atoms with E-state index in [-0.39, 0.29) is 23.6 Å². The summed E-state index contributed by atoms with van der Waals surface area (Å²) in [5.41, 5.74) is 7.74. The van der Waals surface area contributed by atoms with E-state index in [0.717, 1.165) is 33.0 Å². The molecule has 0 bridgehead atoms. The minimum absolute atomic E-state index is 0.0895. The van der Waals surface area contributed by atoms with Gasteiger partial charge in [-0.1, -0.05) is 60.2 Å². The van der Waals surface area contributed by atoms with Crippen molar-refractivity contribution < 1.29 is 9.59 Å². The normalized spacial score (nSPS) is 16.2. The van der Waals surface area contributed by atoms with Crippen molar-refractivity contribution >= 4 is 39.9 Å². The molecular formula is C23H20N4O2S2. The molecule has 2 aromatic carbocycles. The fraction of sp³-hybridized carbons (Fsp3) is 0.174. The van der Waals surface area contributed by atoms with Crippen molar-refractivity contribution in [3.8, 4) is 11.3 Å². The lowest BCUT2D eigenvalue weighted by Crippen LogP contribution is -2.45. The third-order valence-electron chi connectivity index (χ3n) is 5.17. The molecule has 5 rings (SSSR count). The van der Waals surface area contributed by atoms with Gasteiger partial charge in [-0.05, 0) is 12.5 Å². The number of imidazole rings is 1. The zero-order valence-electron chi connectivity index (χ0n) is 16.8. The van der Waals surface area contributed by atoms with Gasteiger partial charge in [0.05, 0.1) is 17.9 Å². The molecule has 3 heterocycles. The smallest absolute Gasteiger partial charge is 0.252 e. The summed E-state index contributed by atoms with van der Waals surface area (Å²) in [6, 6.07) is 18.0. The zero-order chi connectivity index (χ0) is 21.4. The molecule has 8 heteroatoms. The molecule has 0 aliphatic carbocycles. The van der Waals surface area contributed by atoms with E-state index < -0.39 is 0 Å². The van der Waals surface area contributed by atoms with Crippen molar-refractivity contribution in [2.24, 2.45) is 0 Å². The monoisotopic (exact) mass is 448 g/mol. The van der Waals surface area contributed by atoms with Gasteiger partial charge in [0.1, 0.15) is 5.37 Å². The standard InChI is InChI=1S/C23H20N4O2S2/c1-15-7-9-17(10-8-15)22-27(21(29)14-30-22)25-20(28)11-18-13-31-23-24-19(12-26(18)23)16-5-3-2-4-6-16/h2-10,12-13,22H,11,14H2,1H3,(H,25,28). The van der Waals surface area contributed by atoms with E-state index in [0.29, 0.717) is 5.75 Å². The molecule has 31 heavy (non-hydrogen) atoms. The van der Waals surface area contributed by atoms with Crippen molar-refractivity contribution in [2.75, 3.05) is 5.75 Å². The van der Waals surface area contributed by atoms with Crippen LogP contribution in [0.2, 0.25) is 0 Å². The first kappa shape index (κ1) is 19.8. The molecule has 1 atom stereocenters. The molecular weight excluding hydrogens is 428 g/mol. The highest BCUT2D eigenvalue weighted by molar-refractivity contribution is 8.00. The Morgan fingerprint density at radius 2 is 1.94 bits per heavy atom. The Morgan fingerprint density at radius 1 is 1.16 bits per heavy atom. The molecule has 6 nitrogen and oxygen atoms in total. The Morgan fingerprint density at radius 3 is 2.71 bits per heavy atom. The van der Waals surface area contributed by atoms with Crippen LogP contribution in [0.5, 0.6) is 0 Å². The molecule has 1 aliphatic rings. The number of nitrogens with one attached hydrogen (secondary N) is 1. The van der Waals surface area contributed by atoms with E-state index in [9.17, 15) is 9.59 Å². The summed E-state index contributed by atoms with van der Waals surface area (Å²) in [6.45, 7) is 2.02. The number of fused-ring (bicyclic) bond motifs is 1. The lowest BCUT2D eigenvalue weighted by Gasteiger charge is -2.24. The van der Waals surface area contributed by atoms with Crippen LogP contribution in [0.25, 0.3) is 16.2 Å². The molecule has 2 amide bonds. The number of nitrogens with zero attached hydrogens (tertiary/aromatic N) is 3. The molecule has 1 fully saturated rings. The third kappa shape index (κ3) is 3.96. The topological polar surface area (TPSA) is 66.7 Å². The molecule has 1 aliphatic heterocycles. The minimum atomic E-state index is -0.220. The maximum absolute atomic E-state index is 12.8. The number of thiazole rings is 1. The predicted molar refractivity (Wildman–Crippen MR) is 124 cm³/mol. The Hall–Kier alpha value is -3.10. The first-order chi connectivity index (χ1) is 15.1. The van der Waals surface area contributed by atoms with Gasteiger partial charge in [-0.15, -0.1) is 23.1 Å². The van der Waals surface area contributed by atoms with Crippen molar-refractivity contribution in [1.29, 1.82) is 0 Å². The lowest BCUT2D eigenvalue weighted by atomic mass is 10.1. The number of rotatable bonds is 5. The van der Waals surface area contributed by atoms with Gasteiger partial charge in [-0.2, -0.15) is 0 Å². The van der Waals surface area contributed by atoms with Crippen LogP contribution in [0.3, 0.4) is 0 Å². The summed E-state index contributed by atoms with van der Waals surface area (Å²) < 4.78 is 1.95. The van der Waals surface area contributed by atoms with Gasteiger partial charge in [0, 0.05) is 22.8 Å². The average Bonchev–Trinajstić information content (AvgIpc) is 3.46. The van der Waals surface area contributed by atoms with E-state index in [1.807, 2.05) is 77.5 Å². The molecule has 2 aromatic heterocycles. The van der Waals surface area contributed by atoms with Crippen LogP contribution in [0.4, 0.5) is 0 Å². The van der Waals surface area contributed by atoms with Crippen LogP contribution in [0.1, 0.15) is 22.2 Å². The quantitative estimate of drug-likeness (QED) is 0.496. The first-order valence-electron chi connectivity index (χ1n) is 9.89. The SMILES string of the molecule is Cc1ccc(C2SCC(=O)N2NC(=O)Cc2csc3nc(-c4ccccc4)cn23)cc1. The highest BCUT2D eigenvalue weighted by atomic mass is 32.2. The van der Waals surface area contributed by atoms with Crippen molar-refractivity contribution in [3.05, 3.63) is 83.0 Å². The average molecular weight is 449 g/mol. The van der Waals surface area contributed by atoms with Gasteiger partial charge in [0.25, 0.3) is 5.91 Å². The Kier molecular flexibility index (Phi) is 5.25. The maximum atomic E-state index is 12.8. The second kappa shape index (κ2) is 8.20. The predicted octanol–water partition coefficient (Wildman–Crippen LogP) is 4.22. The number of hydrogen-bond acceptors (Lipinski definition) is 5.